The molecule has 3 aromatic carbocycles. The average Bonchev–Trinajstić information content (AvgIpc) is 3.41. The molecule has 0 saturated carbocycles. The molecule has 16 heteroatoms. The fourth-order valence-electron chi connectivity index (χ4n) is 5.44. The van der Waals surface area contributed by atoms with E-state index in [2.05, 4.69) is 0 Å². The number of methoxy groups -OCH3 is 3. The van der Waals surface area contributed by atoms with E-state index >= 15 is 0 Å². The summed E-state index contributed by atoms with van der Waals surface area (Å²) in [6, 6.07) is 11.9. The van der Waals surface area contributed by atoms with Crippen molar-refractivity contribution < 1.29 is 38.3 Å². The maximum absolute atomic E-state index is 14.3. The molecule has 0 amide bonds. The van der Waals surface area contributed by atoms with Crippen molar-refractivity contribution in [3.63, 3.8) is 0 Å². The first-order valence-electron chi connectivity index (χ1n) is 15.3. The summed E-state index contributed by atoms with van der Waals surface area (Å²) in [7, 11) is 4.38. The SMILES string of the molecule is CCCC1=C(C(=O)OCC)[C@H](c2cc(OC)ccc2OC)n2c(s/c(=C\c3ccc(Oc4ccc([N+](=O)[O-])cc4[N+](=O)[O-])c(OC)c3)c2=O)=N1. The largest absolute Gasteiger partial charge is 0.497 e. The Kier molecular flexibility index (Phi) is 10.6. The second kappa shape index (κ2) is 15.0. The molecular formula is C34H32N4O11S. The first-order chi connectivity index (χ1) is 24.0. The molecule has 1 aromatic heterocycles. The molecule has 0 radical (unpaired) electrons. The minimum absolute atomic E-state index is 0.0940. The molecule has 0 fully saturated rings. The third-order valence-electron chi connectivity index (χ3n) is 7.68. The fraction of sp³-hybridized carbons (Fsp3) is 0.265. The number of hydrogen-bond acceptors (Lipinski definition) is 13. The van der Waals surface area contributed by atoms with Crippen molar-refractivity contribution in [2.24, 2.45) is 4.99 Å². The summed E-state index contributed by atoms with van der Waals surface area (Å²) in [6.07, 6.45) is 2.75. The van der Waals surface area contributed by atoms with Gasteiger partial charge in [0, 0.05) is 11.6 Å². The molecule has 0 N–H and O–H groups in total. The molecular weight excluding hydrogens is 672 g/mol. The van der Waals surface area contributed by atoms with E-state index in [4.69, 9.17) is 28.7 Å². The lowest BCUT2D eigenvalue weighted by Gasteiger charge is -2.27. The van der Waals surface area contributed by atoms with Crippen molar-refractivity contribution in [1.82, 2.24) is 4.57 Å². The third-order valence-corrected chi connectivity index (χ3v) is 8.66. The van der Waals surface area contributed by atoms with Gasteiger partial charge in [0.1, 0.15) is 17.5 Å². The number of nitrogens with zero attached hydrogens (tertiary/aromatic N) is 4. The van der Waals surface area contributed by atoms with Crippen molar-refractivity contribution in [3.05, 3.63) is 117 Å². The van der Waals surface area contributed by atoms with Gasteiger partial charge < -0.3 is 23.7 Å². The Morgan fingerprint density at radius 2 is 1.64 bits per heavy atom. The lowest BCUT2D eigenvalue weighted by Crippen LogP contribution is -2.40. The molecule has 2 heterocycles. The van der Waals surface area contributed by atoms with Crippen LogP contribution in [-0.4, -0.2) is 48.3 Å². The fourth-order valence-corrected chi connectivity index (χ4v) is 6.46. The van der Waals surface area contributed by atoms with E-state index in [9.17, 15) is 29.8 Å². The molecule has 4 aromatic rings. The van der Waals surface area contributed by atoms with Crippen molar-refractivity contribution in [2.45, 2.75) is 32.7 Å². The monoisotopic (exact) mass is 704 g/mol. The van der Waals surface area contributed by atoms with Gasteiger partial charge in [-0.1, -0.05) is 30.7 Å². The van der Waals surface area contributed by atoms with Crippen LogP contribution in [0, 0.1) is 20.2 Å². The molecule has 0 unspecified atom stereocenters. The van der Waals surface area contributed by atoms with Crippen LogP contribution in [0.15, 0.2) is 75.7 Å². The number of aromatic nitrogens is 1. The Morgan fingerprint density at radius 1 is 0.920 bits per heavy atom. The Hall–Kier alpha value is -6.03. The number of esters is 1. The number of fused-ring (bicyclic) bond motifs is 1. The first kappa shape index (κ1) is 35.3. The minimum atomic E-state index is -0.943. The maximum atomic E-state index is 14.3. The van der Waals surface area contributed by atoms with Crippen LogP contribution >= 0.6 is 11.3 Å². The van der Waals surface area contributed by atoms with Crippen molar-refractivity contribution >= 4 is 34.8 Å². The highest BCUT2D eigenvalue weighted by Gasteiger charge is 2.36. The third kappa shape index (κ3) is 6.91. The summed E-state index contributed by atoms with van der Waals surface area (Å²) in [4.78, 5) is 54.2. The van der Waals surface area contributed by atoms with Gasteiger partial charge in [0.05, 0.1) is 59.7 Å². The number of thiazole rings is 1. The van der Waals surface area contributed by atoms with Crippen molar-refractivity contribution in [3.8, 4) is 28.7 Å². The molecule has 1 atom stereocenters. The number of benzene rings is 3. The average molecular weight is 705 g/mol. The van der Waals surface area contributed by atoms with Crippen LogP contribution < -0.4 is 33.8 Å². The summed E-state index contributed by atoms with van der Waals surface area (Å²) in [5.74, 6) is 0.363. The Labute approximate surface area is 288 Å². The molecule has 0 aliphatic carbocycles. The van der Waals surface area contributed by atoms with Gasteiger partial charge in [0.2, 0.25) is 5.75 Å². The van der Waals surface area contributed by atoms with E-state index in [0.717, 1.165) is 29.5 Å². The van der Waals surface area contributed by atoms with Crippen LogP contribution in [-0.2, 0) is 9.53 Å². The second-order valence-corrected chi connectivity index (χ2v) is 11.7. The summed E-state index contributed by atoms with van der Waals surface area (Å²) < 4.78 is 29.6. The highest BCUT2D eigenvalue weighted by atomic mass is 32.1. The van der Waals surface area contributed by atoms with Gasteiger partial charge in [-0.2, -0.15) is 0 Å². The number of carbonyl (C=O) groups is 1. The summed E-state index contributed by atoms with van der Waals surface area (Å²) >= 11 is 1.13. The molecule has 5 rings (SSSR count). The number of nitro groups is 2. The van der Waals surface area contributed by atoms with Gasteiger partial charge in [0.25, 0.3) is 11.2 Å². The van der Waals surface area contributed by atoms with Crippen molar-refractivity contribution in [1.29, 1.82) is 0 Å². The topological polar surface area (TPSA) is 184 Å². The van der Waals surface area contributed by atoms with E-state index in [1.807, 2.05) is 6.92 Å². The smallest absolute Gasteiger partial charge is 0.338 e. The molecule has 260 valence electrons. The summed E-state index contributed by atoms with van der Waals surface area (Å²) in [6.45, 7) is 3.78. The number of hydrogen-bond donors (Lipinski definition) is 0. The van der Waals surface area contributed by atoms with Crippen LogP contribution in [0.4, 0.5) is 11.4 Å². The maximum Gasteiger partial charge on any atom is 0.338 e. The minimum Gasteiger partial charge on any atom is -0.497 e. The molecule has 50 heavy (non-hydrogen) atoms. The predicted octanol–water partition coefficient (Wildman–Crippen LogP) is 5.21. The Morgan fingerprint density at radius 3 is 2.28 bits per heavy atom. The normalized spacial score (nSPS) is 14.0. The number of rotatable bonds is 13. The highest BCUT2D eigenvalue weighted by molar-refractivity contribution is 7.07. The van der Waals surface area contributed by atoms with E-state index < -0.39 is 38.8 Å². The number of allylic oxidation sites excluding steroid dienone is 1. The molecule has 0 spiro atoms. The van der Waals surface area contributed by atoms with E-state index in [-0.39, 0.29) is 29.4 Å². The van der Waals surface area contributed by atoms with E-state index in [1.54, 1.807) is 43.3 Å². The second-order valence-electron chi connectivity index (χ2n) is 10.7. The lowest BCUT2D eigenvalue weighted by atomic mass is 9.93. The number of ether oxygens (including phenoxy) is 5. The van der Waals surface area contributed by atoms with Gasteiger partial charge in [-0.25, -0.2) is 9.79 Å². The van der Waals surface area contributed by atoms with Crippen LogP contribution in [0.25, 0.3) is 6.08 Å². The summed E-state index contributed by atoms with van der Waals surface area (Å²) in [5, 5.41) is 22.8. The van der Waals surface area contributed by atoms with Crippen LogP contribution in [0.1, 0.15) is 43.9 Å². The lowest BCUT2D eigenvalue weighted by molar-refractivity contribution is -0.394. The number of non-ortho nitro benzene ring substituents is 1. The van der Waals surface area contributed by atoms with Gasteiger partial charge >= 0.3 is 11.7 Å². The standard InChI is InChI=1S/C34H32N4O11S/c1-6-8-23-30(33(40)48-7-2)31(22-18-21(45-3)11-14-25(22)46-4)36-32(39)29(50-34(36)35-23)16-19-9-12-27(28(15-19)47-5)49-26-13-10-20(37(41)42)17-24(26)38(43)44/h9-18,31H,6-8H2,1-5H3/b29-16-/t31-/m0/s1. The van der Waals surface area contributed by atoms with Gasteiger partial charge in [-0.3, -0.25) is 29.6 Å². The number of nitro benzene ring substituents is 2. The molecule has 1 aliphatic rings. The van der Waals surface area contributed by atoms with Crippen molar-refractivity contribution in [2.75, 3.05) is 27.9 Å². The Balaban J connectivity index is 1.65. The predicted molar refractivity (Wildman–Crippen MR) is 182 cm³/mol. The molecule has 15 nitrogen and oxygen atoms in total. The van der Waals surface area contributed by atoms with Gasteiger partial charge in [0.15, 0.2) is 16.3 Å². The molecule has 1 aliphatic heterocycles. The van der Waals surface area contributed by atoms with Crippen LogP contribution in [0.2, 0.25) is 0 Å². The van der Waals surface area contributed by atoms with E-state index in [1.165, 1.54) is 32.0 Å². The van der Waals surface area contributed by atoms with Crippen LogP contribution in [0.3, 0.4) is 0 Å². The highest BCUT2D eigenvalue weighted by Crippen LogP contribution is 2.40. The molecule has 0 saturated heterocycles. The zero-order valence-electron chi connectivity index (χ0n) is 27.7. The Bertz CT molecular complexity index is 2210. The van der Waals surface area contributed by atoms with Crippen LogP contribution in [0.5, 0.6) is 28.7 Å². The van der Waals surface area contributed by atoms with Gasteiger partial charge in [-0.05, 0) is 61.4 Å². The number of carbonyl (C=O) groups excluding carboxylic acids is 1. The van der Waals surface area contributed by atoms with Gasteiger partial charge in [-0.15, -0.1) is 0 Å². The zero-order chi connectivity index (χ0) is 36.1. The molecule has 0 bridgehead atoms. The van der Waals surface area contributed by atoms with E-state index in [0.29, 0.717) is 50.5 Å². The summed E-state index contributed by atoms with van der Waals surface area (Å²) in [5.41, 5.74) is 0.261. The zero-order valence-corrected chi connectivity index (χ0v) is 28.5. The first-order valence-corrected chi connectivity index (χ1v) is 16.1. The quantitative estimate of drug-likeness (QED) is 0.101.